The van der Waals surface area contributed by atoms with Crippen LogP contribution in [0.5, 0.6) is 17.2 Å². The molecule has 0 aliphatic carbocycles. The second kappa shape index (κ2) is 9.97. The molecule has 0 saturated heterocycles. The molecule has 0 amide bonds. The third-order valence-corrected chi connectivity index (χ3v) is 4.75. The Labute approximate surface area is 176 Å². The largest absolute Gasteiger partial charge is 0.508 e. The zero-order valence-corrected chi connectivity index (χ0v) is 18.2. The highest BCUT2D eigenvalue weighted by Crippen LogP contribution is 2.33. The minimum absolute atomic E-state index is 0.0348. The number of nitrogens with one attached hydrogen (secondary N) is 2. The Morgan fingerprint density at radius 3 is 2.38 bits per heavy atom. The lowest BCUT2D eigenvalue weighted by atomic mass is 10.1. The third-order valence-electron chi connectivity index (χ3n) is 4.55. The molecule has 1 heterocycles. The number of anilines is 1. The van der Waals surface area contributed by atoms with Gasteiger partial charge in [-0.05, 0) is 61.8 Å². The van der Waals surface area contributed by atoms with Gasteiger partial charge in [-0.2, -0.15) is 4.98 Å². The van der Waals surface area contributed by atoms with Gasteiger partial charge in [0.25, 0.3) is 0 Å². The fourth-order valence-electron chi connectivity index (χ4n) is 2.76. The number of phenols is 2. The van der Waals surface area contributed by atoms with Crippen LogP contribution in [0.4, 0.5) is 5.69 Å². The summed E-state index contributed by atoms with van der Waals surface area (Å²) in [5.41, 5.74) is 3.68. The molecule has 3 aromatic rings. The van der Waals surface area contributed by atoms with Crippen molar-refractivity contribution in [1.29, 1.82) is 0 Å². The van der Waals surface area contributed by atoms with E-state index in [1.807, 2.05) is 13.0 Å². The van der Waals surface area contributed by atoms with Crippen molar-refractivity contribution in [1.82, 2.24) is 15.2 Å². The van der Waals surface area contributed by atoms with Crippen LogP contribution < -0.4 is 9.64 Å². The van der Waals surface area contributed by atoms with Gasteiger partial charge in [0, 0.05) is 19.7 Å². The topological polar surface area (TPSA) is 97.4 Å². The number of aromatic nitrogens is 3. The highest BCUT2D eigenvalue weighted by atomic mass is 32.1. The van der Waals surface area contributed by atoms with E-state index in [9.17, 15) is 10.2 Å². The number of hydrogen-bond acceptors (Lipinski definition) is 6. The van der Waals surface area contributed by atoms with E-state index in [0.717, 1.165) is 23.5 Å². The van der Waals surface area contributed by atoms with Crippen LogP contribution in [0.15, 0.2) is 30.3 Å². The monoisotopic (exact) mass is 416 g/mol. The molecule has 7 nitrogen and oxygen atoms in total. The lowest BCUT2D eigenvalue weighted by molar-refractivity contribution is 0.415. The number of aromatic hydroxyl groups is 2. The fraction of sp³-hybridized carbons (Fsp3) is 0.333. The maximum absolute atomic E-state index is 9.71. The molecule has 0 atom stereocenters. The average molecular weight is 417 g/mol. The summed E-state index contributed by atoms with van der Waals surface area (Å²) in [6, 6.07) is 9.21. The van der Waals surface area contributed by atoms with Gasteiger partial charge in [-0.25, -0.2) is 0 Å². The number of phenolic OH excluding ortho intramolecular Hbond substituents is 2. The van der Waals surface area contributed by atoms with Gasteiger partial charge in [0.15, 0.2) is 5.82 Å². The van der Waals surface area contributed by atoms with Crippen molar-refractivity contribution in [2.75, 3.05) is 25.6 Å². The molecule has 0 aliphatic rings. The molecule has 0 spiro atoms. The Kier molecular flexibility index (Phi) is 7.67. The highest BCUT2D eigenvalue weighted by Gasteiger charge is 2.11. The molecule has 0 fully saturated rings. The summed E-state index contributed by atoms with van der Waals surface area (Å²) in [6.07, 6.45) is 0.671. The van der Waals surface area contributed by atoms with Gasteiger partial charge in [-0.15, -0.1) is 0 Å². The van der Waals surface area contributed by atoms with Crippen LogP contribution in [0.25, 0.3) is 11.4 Å². The number of aromatic amines is 2. The lowest BCUT2D eigenvalue weighted by Crippen LogP contribution is -2.16. The fourth-order valence-corrected chi connectivity index (χ4v) is 2.90. The molecule has 0 bridgehead atoms. The first-order valence-electron chi connectivity index (χ1n) is 9.36. The minimum Gasteiger partial charge on any atom is -0.508 e. The first-order chi connectivity index (χ1) is 13.8. The number of aryl methyl sites for hydroxylation is 2. The van der Waals surface area contributed by atoms with E-state index in [1.165, 1.54) is 11.6 Å². The predicted molar refractivity (Wildman–Crippen MR) is 119 cm³/mol. The van der Waals surface area contributed by atoms with E-state index in [-0.39, 0.29) is 11.5 Å². The van der Waals surface area contributed by atoms with Crippen LogP contribution in [0.1, 0.15) is 25.0 Å². The van der Waals surface area contributed by atoms with Gasteiger partial charge in [-0.1, -0.05) is 13.0 Å². The van der Waals surface area contributed by atoms with Crippen LogP contribution in [-0.4, -0.2) is 46.1 Å². The van der Waals surface area contributed by atoms with Crippen molar-refractivity contribution in [3.8, 4) is 28.6 Å². The molecule has 29 heavy (non-hydrogen) atoms. The number of nitrogens with zero attached hydrogens (tertiary/aromatic N) is 2. The highest BCUT2D eigenvalue weighted by molar-refractivity contribution is 7.71. The van der Waals surface area contributed by atoms with Crippen LogP contribution in [-0.2, 0) is 6.42 Å². The Morgan fingerprint density at radius 2 is 1.83 bits per heavy atom. The summed E-state index contributed by atoms with van der Waals surface area (Å²) in [4.78, 5) is 6.18. The molecular weight excluding hydrogens is 388 g/mol. The maximum atomic E-state index is 9.71. The zero-order valence-electron chi connectivity index (χ0n) is 17.4. The molecule has 0 unspecified atom stereocenters. The summed E-state index contributed by atoms with van der Waals surface area (Å²) in [5.74, 6) is 1.44. The molecule has 8 heteroatoms. The smallest absolute Gasteiger partial charge is 0.213 e. The number of benzene rings is 2. The van der Waals surface area contributed by atoms with Crippen LogP contribution in [0.3, 0.4) is 0 Å². The third kappa shape index (κ3) is 5.51. The Morgan fingerprint density at radius 1 is 1.10 bits per heavy atom. The molecule has 156 valence electrons. The SMILES string of the molecule is CCN(C)c1cc(C)ccc1OC.CCc1cc(-c2nc(=S)[nH][nH]2)c(O)cc1O. The molecule has 0 radical (unpaired) electrons. The summed E-state index contributed by atoms with van der Waals surface area (Å²) < 4.78 is 5.60. The van der Waals surface area contributed by atoms with Crippen molar-refractivity contribution >= 4 is 17.9 Å². The lowest BCUT2D eigenvalue weighted by Gasteiger charge is -2.20. The first kappa shape index (κ1) is 22.3. The van der Waals surface area contributed by atoms with Crippen LogP contribution in [0, 0.1) is 11.7 Å². The van der Waals surface area contributed by atoms with E-state index in [1.54, 1.807) is 13.2 Å². The number of methoxy groups -OCH3 is 1. The molecular formula is C21H28N4O3S. The summed E-state index contributed by atoms with van der Waals surface area (Å²) >= 11 is 4.83. The van der Waals surface area contributed by atoms with Gasteiger partial charge < -0.3 is 19.8 Å². The predicted octanol–water partition coefficient (Wildman–Crippen LogP) is 4.57. The number of rotatable bonds is 5. The summed E-state index contributed by atoms with van der Waals surface area (Å²) in [6.45, 7) is 7.12. The van der Waals surface area contributed by atoms with Crippen LogP contribution in [0.2, 0.25) is 0 Å². The van der Waals surface area contributed by atoms with Crippen LogP contribution >= 0.6 is 12.2 Å². The molecule has 2 aromatic carbocycles. The molecule has 3 rings (SSSR count). The number of H-pyrrole nitrogens is 2. The Balaban J connectivity index is 0.000000212. The molecule has 0 aliphatic heterocycles. The van der Waals surface area contributed by atoms with E-state index in [2.05, 4.69) is 53.1 Å². The Hall–Kier alpha value is -3.00. The maximum Gasteiger partial charge on any atom is 0.213 e. The summed E-state index contributed by atoms with van der Waals surface area (Å²) in [5, 5.41) is 24.7. The first-order valence-corrected chi connectivity index (χ1v) is 9.77. The van der Waals surface area contributed by atoms with E-state index < -0.39 is 0 Å². The van der Waals surface area contributed by atoms with Gasteiger partial charge in [0.1, 0.15) is 17.2 Å². The second-order valence-electron chi connectivity index (χ2n) is 6.56. The van der Waals surface area contributed by atoms with Crippen molar-refractivity contribution in [2.45, 2.75) is 27.2 Å². The van der Waals surface area contributed by atoms with E-state index >= 15 is 0 Å². The van der Waals surface area contributed by atoms with Gasteiger partial charge in [0.05, 0.1) is 18.4 Å². The van der Waals surface area contributed by atoms with Gasteiger partial charge in [0.2, 0.25) is 4.77 Å². The minimum atomic E-state index is -0.0348. The number of hydrogen-bond donors (Lipinski definition) is 4. The van der Waals surface area contributed by atoms with Gasteiger partial charge in [-0.3, -0.25) is 10.2 Å². The van der Waals surface area contributed by atoms with Crippen molar-refractivity contribution in [2.24, 2.45) is 0 Å². The quantitative estimate of drug-likeness (QED) is 0.455. The second-order valence-corrected chi connectivity index (χ2v) is 6.94. The van der Waals surface area contributed by atoms with Crippen molar-refractivity contribution < 1.29 is 14.9 Å². The molecule has 0 saturated carbocycles. The molecule has 4 N–H and O–H groups in total. The van der Waals surface area contributed by atoms with Crippen molar-refractivity contribution in [3.63, 3.8) is 0 Å². The molecule has 1 aromatic heterocycles. The summed E-state index contributed by atoms with van der Waals surface area (Å²) in [7, 11) is 3.77. The van der Waals surface area contributed by atoms with Gasteiger partial charge >= 0.3 is 0 Å². The standard InChI is InChI=1S/C11H17NO.C10H11N3O2S/c1-5-12(3)10-8-9(2)6-7-11(10)13-4;1-2-5-3-6(8(15)4-7(5)14)9-11-10(16)13-12-9/h6-8H,5H2,1-4H3;3-4,14-15H,2H2,1H3,(H2,11,12,13,16). The number of ether oxygens (including phenoxy) is 1. The van der Waals surface area contributed by atoms with E-state index in [4.69, 9.17) is 17.0 Å². The van der Waals surface area contributed by atoms with E-state index in [0.29, 0.717) is 22.6 Å². The van der Waals surface area contributed by atoms with Crippen molar-refractivity contribution in [3.05, 3.63) is 46.2 Å². The normalized spacial score (nSPS) is 10.2. The zero-order chi connectivity index (χ0) is 21.6. The Bertz CT molecular complexity index is 1010. The average Bonchev–Trinajstić information content (AvgIpc) is 3.14.